The summed E-state index contributed by atoms with van der Waals surface area (Å²) in [6, 6.07) is 0. The molecule has 0 spiro atoms. The molecule has 7 N–H and O–H groups in total. The van der Waals surface area contributed by atoms with E-state index in [4.69, 9.17) is 29.2 Å². The highest BCUT2D eigenvalue weighted by Gasteiger charge is 2.35. The van der Waals surface area contributed by atoms with E-state index in [1.165, 1.54) is 14.2 Å². The molecule has 46 nitrogen and oxygen atoms in total. The zero-order chi connectivity index (χ0) is 90.5. The first-order valence-corrected chi connectivity index (χ1v) is 35.1. The predicted molar refractivity (Wildman–Crippen MR) is 391 cm³/mol. The van der Waals surface area contributed by atoms with Crippen molar-refractivity contribution >= 4 is 137 Å². The lowest BCUT2D eigenvalue weighted by Gasteiger charge is -2.21. The van der Waals surface area contributed by atoms with Crippen molar-refractivity contribution in [2.75, 3.05) is 121 Å². The number of amides is 9. The highest BCUT2D eigenvalue weighted by Crippen LogP contribution is 2.14. The number of carbonyl (C=O) groups is 23. The highest BCUT2D eigenvalue weighted by atomic mass is 16.7. The first-order chi connectivity index (χ1) is 53.4. The molecule has 0 aromatic rings. The number of imide groups is 1. The van der Waals surface area contributed by atoms with Crippen LogP contribution in [0.5, 0.6) is 0 Å². The normalized spacial score (nSPS) is 11.3. The number of ether oxygens (including phenoxy) is 11. The molecular formula is C70H111N9O37. The third-order valence-electron chi connectivity index (χ3n) is 12.4. The minimum Gasteiger partial charge on any atom is -0.480 e. The molecule has 0 saturated carbocycles. The molecule has 46 heteroatoms. The molecule has 0 atom stereocenters. The van der Waals surface area contributed by atoms with Crippen LogP contribution in [0.2, 0.25) is 0 Å². The Bertz CT molecular complexity index is 3330. The molecule has 1 aliphatic rings. The van der Waals surface area contributed by atoms with Gasteiger partial charge in [0.25, 0.3) is 11.8 Å². The molecule has 0 radical (unpaired) electrons. The van der Waals surface area contributed by atoms with Gasteiger partial charge in [0, 0.05) is 57.8 Å². The van der Waals surface area contributed by atoms with Crippen molar-refractivity contribution in [2.24, 2.45) is 0 Å². The highest BCUT2D eigenvalue weighted by molar-refractivity contribution is 6.02. The quantitative estimate of drug-likeness (QED) is 0.0180. The largest absolute Gasteiger partial charge is 0.516 e. The SMILES string of the molecule is CC(C)OC(=O)OC(=O)CCC(=O)CNC(=O)OC(C)(C)C.COC(=O)CN(CC(=O)CO)C(=O)CCC(=O)CNC(=O)OC(C)(C)C.COC(=O)CN(CC(=O)O)C(=O)CCC(=O)CNC(=O)OC(C)(C)C.COC(=O)CN(CC(=O)ON1C(=O)CCC1=O)C(=O)CCC(=O)CNC(=O)OC(C)(C)C.COC(=O)CNCC(=O)OC. The van der Waals surface area contributed by atoms with Crippen molar-refractivity contribution in [1.29, 1.82) is 0 Å². The fourth-order valence-corrected chi connectivity index (χ4v) is 7.25. The van der Waals surface area contributed by atoms with Crippen LogP contribution in [-0.4, -0.2) is 316 Å². The topological polar surface area (TPSA) is 617 Å². The van der Waals surface area contributed by atoms with E-state index < -0.39 is 205 Å². The van der Waals surface area contributed by atoms with Crippen molar-refractivity contribution in [3.8, 4) is 0 Å². The van der Waals surface area contributed by atoms with Crippen LogP contribution in [0.25, 0.3) is 0 Å². The summed E-state index contributed by atoms with van der Waals surface area (Å²) in [6.45, 7) is 17.8. The van der Waals surface area contributed by atoms with E-state index in [2.05, 4.69) is 64.6 Å². The van der Waals surface area contributed by atoms with E-state index in [1.54, 1.807) is 96.9 Å². The van der Waals surface area contributed by atoms with Crippen LogP contribution in [0.3, 0.4) is 0 Å². The molecule has 0 aromatic heterocycles. The van der Waals surface area contributed by atoms with Gasteiger partial charge in [-0.05, 0) is 96.9 Å². The molecule has 0 aromatic carbocycles. The van der Waals surface area contributed by atoms with Crippen LogP contribution in [0.4, 0.5) is 24.0 Å². The smallest absolute Gasteiger partial charge is 0.480 e. The number of nitrogens with one attached hydrogen (secondary N) is 5. The number of ketones is 5. The number of hydroxylamine groups is 2. The molecule has 1 heterocycles. The van der Waals surface area contributed by atoms with Gasteiger partial charge in [-0.3, -0.25) is 86.8 Å². The fraction of sp³-hybridized carbons (Fsp3) is 0.671. The maximum absolute atomic E-state index is 12.4. The first kappa shape index (κ1) is 110. The Balaban J connectivity index is -0.000000695. The van der Waals surface area contributed by atoms with Gasteiger partial charge >= 0.3 is 78.3 Å². The second-order valence-corrected chi connectivity index (χ2v) is 27.8. The zero-order valence-corrected chi connectivity index (χ0v) is 68.8. The maximum atomic E-state index is 12.4. The maximum Gasteiger partial charge on any atom is 0.516 e. The Kier molecular flexibility index (Phi) is 55.3. The van der Waals surface area contributed by atoms with Gasteiger partial charge < -0.3 is 103 Å². The van der Waals surface area contributed by atoms with Gasteiger partial charge in [-0.1, -0.05) is 0 Å². The number of hydrogen-bond donors (Lipinski definition) is 7. The molecule has 9 amide bonds. The minimum absolute atomic E-state index is 0.0194. The number of aliphatic hydroxyl groups excluding tert-OH is 1. The van der Waals surface area contributed by atoms with Crippen LogP contribution in [0, 0.1) is 0 Å². The third kappa shape index (κ3) is 64.6. The zero-order valence-electron chi connectivity index (χ0n) is 68.8. The lowest BCUT2D eigenvalue weighted by atomic mass is 10.2. The summed E-state index contributed by atoms with van der Waals surface area (Å²) in [6.07, 6.45) is -6.79. The molecule has 0 unspecified atom stereocenters. The molecule has 1 saturated heterocycles. The number of aliphatic hydroxyl groups is 1. The standard InChI is InChI=1S/C19H27N3O10.C16H26N2O8.C15H24N2O8.C14H23NO7.C6H11NO4/c1-19(2,3)31-18(29)20-9-12(23)5-6-13(24)21(10-16(27)30-4)11-17(28)32-22-14(25)7-8-15(22)26;1-16(2,3)26-15(24)17-7-11(20)5-6-13(22)18(8-12(21)10-19)9-14(23)25-4;1-15(2,3)25-14(23)16-7-10(18)5-6-11(19)17(8-12(20)21)9-13(22)24-4;1-9(2)20-13(19)21-11(17)7-6-10(16)8-15-12(18)22-14(3,4)5;1-10-5(8)3-7-4-6(9)11-2/h5-11H2,1-4H3,(H,20,29);19H,5-10H2,1-4H3,(H,17,24);5-9H2,1-4H3,(H,16,23)(H,20,21);9H,6-8H2,1-5H3,(H,15,18);7H,3-4H2,1-2H3. The second kappa shape index (κ2) is 58.0. The third-order valence-corrected chi connectivity index (χ3v) is 12.4. The lowest BCUT2D eigenvalue weighted by molar-refractivity contribution is -0.198. The van der Waals surface area contributed by atoms with Crippen molar-refractivity contribution < 1.29 is 177 Å². The van der Waals surface area contributed by atoms with E-state index in [0.29, 0.717) is 5.06 Å². The Labute approximate surface area is 668 Å². The average Bonchev–Trinajstić information content (AvgIpc) is 1.72. The molecular weight excluding hydrogens is 1560 g/mol. The molecule has 658 valence electrons. The second-order valence-electron chi connectivity index (χ2n) is 27.8. The van der Waals surface area contributed by atoms with Gasteiger partial charge in [-0.25, -0.2) is 28.8 Å². The summed E-state index contributed by atoms with van der Waals surface area (Å²) in [5, 5.41) is 29.5. The Hall–Kier alpha value is -11.9. The van der Waals surface area contributed by atoms with Crippen LogP contribution in [-0.2, 0) is 143 Å². The molecule has 0 aliphatic carbocycles. The van der Waals surface area contributed by atoms with Crippen molar-refractivity contribution in [3.05, 3.63) is 0 Å². The van der Waals surface area contributed by atoms with E-state index in [9.17, 15) is 110 Å². The molecule has 1 rings (SSSR count). The Morgan fingerprint density at radius 2 is 0.647 bits per heavy atom. The molecule has 1 aliphatic heterocycles. The van der Waals surface area contributed by atoms with Crippen LogP contribution >= 0.6 is 0 Å². The number of alkyl carbamates (subject to hydrolysis) is 4. The summed E-state index contributed by atoms with van der Waals surface area (Å²) in [5.74, 6) is -12.3. The predicted octanol–water partition coefficient (Wildman–Crippen LogP) is -0.290. The van der Waals surface area contributed by atoms with Gasteiger partial charge in [0.2, 0.25) is 17.7 Å². The van der Waals surface area contributed by atoms with E-state index >= 15 is 0 Å². The Morgan fingerprint density at radius 3 is 0.914 bits per heavy atom. The lowest BCUT2D eigenvalue weighted by Crippen LogP contribution is -2.43. The van der Waals surface area contributed by atoms with Crippen LogP contribution in [0.15, 0.2) is 0 Å². The summed E-state index contributed by atoms with van der Waals surface area (Å²) < 4.78 is 50.8. The van der Waals surface area contributed by atoms with Gasteiger partial charge in [0.05, 0.1) is 93.9 Å². The number of carboxylic acids is 1. The van der Waals surface area contributed by atoms with Gasteiger partial charge in [-0.15, -0.1) is 5.06 Å². The number of esters is 6. The first-order valence-electron chi connectivity index (χ1n) is 35.1. The van der Waals surface area contributed by atoms with E-state index in [1.807, 2.05) is 0 Å². The number of carboxylic acid groups (broad SMARTS) is 1. The summed E-state index contributed by atoms with van der Waals surface area (Å²) in [4.78, 5) is 271. The molecule has 0 bridgehead atoms. The number of carbonyl (C=O) groups excluding carboxylic acids is 22. The average molecular weight is 1670 g/mol. The number of hydrogen-bond acceptors (Lipinski definition) is 37. The van der Waals surface area contributed by atoms with Gasteiger partial charge in [0.1, 0.15) is 61.7 Å². The van der Waals surface area contributed by atoms with Crippen molar-refractivity contribution in [2.45, 2.75) is 190 Å². The van der Waals surface area contributed by atoms with Crippen molar-refractivity contribution in [3.63, 3.8) is 0 Å². The minimum atomic E-state index is -1.30. The number of aliphatic carboxylic acids is 1. The summed E-state index contributed by atoms with van der Waals surface area (Å²) in [7, 11) is 5.88. The molecule has 1 fully saturated rings. The Morgan fingerprint density at radius 1 is 0.371 bits per heavy atom. The van der Waals surface area contributed by atoms with Gasteiger partial charge in [-0.2, -0.15) is 0 Å². The summed E-state index contributed by atoms with van der Waals surface area (Å²) in [5.41, 5.74) is -2.80. The number of Topliss-reactive ketones (excluding diaryl/α,β-unsaturated/α-hetero) is 5. The monoisotopic (exact) mass is 1670 g/mol. The van der Waals surface area contributed by atoms with E-state index in [0.717, 1.165) is 36.0 Å². The molecule has 116 heavy (non-hydrogen) atoms. The fourth-order valence-electron chi connectivity index (χ4n) is 7.25. The van der Waals surface area contributed by atoms with Crippen molar-refractivity contribution in [1.82, 2.24) is 46.3 Å². The summed E-state index contributed by atoms with van der Waals surface area (Å²) >= 11 is 0. The van der Waals surface area contributed by atoms with Crippen LogP contribution in [0.1, 0.15) is 161 Å². The van der Waals surface area contributed by atoms with Gasteiger partial charge in [0.15, 0.2) is 28.9 Å². The van der Waals surface area contributed by atoms with Crippen LogP contribution < -0.4 is 26.6 Å². The van der Waals surface area contributed by atoms with E-state index in [-0.39, 0.29) is 109 Å². The number of nitrogens with zero attached hydrogens (tertiary/aromatic N) is 4. The number of rotatable bonds is 39. The number of methoxy groups -OCH3 is 5.